The van der Waals surface area contributed by atoms with E-state index in [9.17, 15) is 0 Å². The van der Waals surface area contributed by atoms with Crippen LogP contribution in [0, 0.1) is 0 Å². The Labute approximate surface area is 105 Å². The van der Waals surface area contributed by atoms with Gasteiger partial charge in [-0.05, 0) is 37.0 Å². The molecule has 94 valence electrons. The summed E-state index contributed by atoms with van der Waals surface area (Å²) < 4.78 is 0. The van der Waals surface area contributed by atoms with Crippen molar-refractivity contribution in [2.45, 2.75) is 51.6 Å². The number of unbranched alkanes of at least 4 members (excludes halogenated alkanes) is 2. The molecule has 17 heavy (non-hydrogen) atoms. The maximum absolute atomic E-state index is 5.63. The van der Waals surface area contributed by atoms with E-state index in [1.165, 1.54) is 49.9 Å². The minimum atomic E-state index is 0.638. The lowest BCUT2D eigenvalue weighted by Crippen LogP contribution is -2.26. The zero-order chi connectivity index (χ0) is 12.1. The predicted octanol–water partition coefficient (Wildman–Crippen LogP) is 3.30. The van der Waals surface area contributed by atoms with Crippen molar-refractivity contribution >= 4 is 5.69 Å². The molecule has 1 aliphatic carbocycles. The van der Waals surface area contributed by atoms with Crippen molar-refractivity contribution in [1.82, 2.24) is 0 Å². The summed E-state index contributed by atoms with van der Waals surface area (Å²) in [6, 6.07) is 9.57. The number of rotatable bonds is 7. The highest BCUT2D eigenvalue weighted by Gasteiger charge is 2.28. The van der Waals surface area contributed by atoms with Gasteiger partial charge in [0.05, 0.1) is 0 Å². The van der Waals surface area contributed by atoms with E-state index in [1.807, 2.05) is 0 Å². The van der Waals surface area contributed by atoms with Crippen LogP contribution in [0.1, 0.15) is 44.6 Å². The summed E-state index contributed by atoms with van der Waals surface area (Å²) in [6.07, 6.45) is 6.68. The molecule has 0 saturated heterocycles. The average molecular weight is 232 g/mol. The Bertz CT molecular complexity index is 327. The molecule has 0 atom stereocenters. The maximum Gasteiger partial charge on any atom is 0.0368 e. The van der Waals surface area contributed by atoms with Crippen LogP contribution in [0.25, 0.3) is 0 Å². The molecule has 0 heterocycles. The van der Waals surface area contributed by atoms with Crippen molar-refractivity contribution in [3.05, 3.63) is 29.8 Å². The normalized spacial score (nSPS) is 14.9. The van der Waals surface area contributed by atoms with E-state index in [4.69, 9.17) is 5.73 Å². The molecule has 1 aromatic carbocycles. The molecular formula is C15H24N2. The summed E-state index contributed by atoms with van der Waals surface area (Å²) in [5, 5.41) is 0. The molecule has 1 aliphatic rings. The zero-order valence-corrected chi connectivity index (χ0v) is 10.9. The summed E-state index contributed by atoms with van der Waals surface area (Å²) in [7, 11) is 0. The van der Waals surface area contributed by atoms with Crippen molar-refractivity contribution in [3.8, 4) is 0 Å². The fourth-order valence-corrected chi connectivity index (χ4v) is 2.26. The van der Waals surface area contributed by atoms with Crippen LogP contribution < -0.4 is 10.6 Å². The second kappa shape index (κ2) is 6.06. The van der Waals surface area contributed by atoms with Gasteiger partial charge < -0.3 is 10.6 Å². The number of hydrogen-bond donors (Lipinski definition) is 1. The van der Waals surface area contributed by atoms with E-state index in [-0.39, 0.29) is 0 Å². The molecule has 0 amide bonds. The van der Waals surface area contributed by atoms with E-state index in [2.05, 4.69) is 36.1 Å². The molecule has 1 fully saturated rings. The Morgan fingerprint density at radius 2 is 1.88 bits per heavy atom. The SMILES string of the molecule is CCCCCN(c1ccc(CN)cc1)C1CC1. The van der Waals surface area contributed by atoms with Gasteiger partial charge in [0.1, 0.15) is 0 Å². The molecule has 1 aromatic rings. The van der Waals surface area contributed by atoms with Crippen LogP contribution in [0.4, 0.5) is 5.69 Å². The fraction of sp³-hybridized carbons (Fsp3) is 0.600. The Morgan fingerprint density at radius 1 is 1.18 bits per heavy atom. The monoisotopic (exact) mass is 232 g/mol. The third kappa shape index (κ3) is 3.47. The van der Waals surface area contributed by atoms with E-state index < -0.39 is 0 Å². The molecule has 0 bridgehead atoms. The van der Waals surface area contributed by atoms with Gasteiger partial charge in [0.15, 0.2) is 0 Å². The first kappa shape index (κ1) is 12.4. The molecular weight excluding hydrogens is 208 g/mol. The van der Waals surface area contributed by atoms with Gasteiger partial charge in [-0.15, -0.1) is 0 Å². The molecule has 2 heteroatoms. The van der Waals surface area contributed by atoms with Crippen LogP contribution in [0.3, 0.4) is 0 Å². The average Bonchev–Trinajstić information content (AvgIpc) is 3.19. The van der Waals surface area contributed by atoms with E-state index >= 15 is 0 Å². The maximum atomic E-state index is 5.63. The van der Waals surface area contributed by atoms with Crippen LogP contribution in [-0.4, -0.2) is 12.6 Å². The molecule has 2 N–H and O–H groups in total. The standard InChI is InChI=1S/C15H24N2/c1-2-3-4-11-17(15-9-10-15)14-7-5-13(12-16)6-8-14/h5-8,15H,2-4,9-12,16H2,1H3. The highest BCUT2D eigenvalue weighted by molar-refractivity contribution is 5.49. The van der Waals surface area contributed by atoms with Crippen LogP contribution in [0.15, 0.2) is 24.3 Å². The summed E-state index contributed by atoms with van der Waals surface area (Å²) >= 11 is 0. The summed E-state index contributed by atoms with van der Waals surface area (Å²) in [6.45, 7) is 4.11. The first-order valence-electron chi connectivity index (χ1n) is 6.90. The van der Waals surface area contributed by atoms with Gasteiger partial charge in [-0.3, -0.25) is 0 Å². The smallest absolute Gasteiger partial charge is 0.0368 e. The number of hydrogen-bond acceptors (Lipinski definition) is 2. The van der Waals surface area contributed by atoms with Crippen LogP contribution in [-0.2, 0) is 6.54 Å². The topological polar surface area (TPSA) is 29.3 Å². The Hall–Kier alpha value is -1.02. The van der Waals surface area contributed by atoms with E-state index in [0.29, 0.717) is 6.54 Å². The fourth-order valence-electron chi connectivity index (χ4n) is 2.26. The van der Waals surface area contributed by atoms with Crippen LogP contribution >= 0.6 is 0 Å². The third-order valence-corrected chi connectivity index (χ3v) is 3.49. The molecule has 0 aliphatic heterocycles. The number of anilines is 1. The van der Waals surface area contributed by atoms with Gasteiger partial charge in [-0.1, -0.05) is 31.9 Å². The second-order valence-corrected chi connectivity index (χ2v) is 5.00. The Kier molecular flexibility index (Phi) is 4.43. The molecule has 0 radical (unpaired) electrons. The molecule has 1 saturated carbocycles. The lowest BCUT2D eigenvalue weighted by molar-refractivity contribution is 0.673. The number of nitrogens with zero attached hydrogens (tertiary/aromatic N) is 1. The molecule has 2 rings (SSSR count). The highest BCUT2D eigenvalue weighted by atomic mass is 15.2. The molecule has 2 nitrogen and oxygen atoms in total. The highest BCUT2D eigenvalue weighted by Crippen LogP contribution is 2.32. The Morgan fingerprint density at radius 3 is 2.41 bits per heavy atom. The van der Waals surface area contributed by atoms with Crippen molar-refractivity contribution in [1.29, 1.82) is 0 Å². The summed E-state index contributed by atoms with van der Waals surface area (Å²) in [5.41, 5.74) is 8.23. The molecule has 0 unspecified atom stereocenters. The van der Waals surface area contributed by atoms with Gasteiger partial charge >= 0.3 is 0 Å². The first-order valence-corrected chi connectivity index (χ1v) is 6.90. The number of benzene rings is 1. The Balaban J connectivity index is 1.98. The third-order valence-electron chi connectivity index (χ3n) is 3.49. The van der Waals surface area contributed by atoms with Gasteiger partial charge in [0.25, 0.3) is 0 Å². The lowest BCUT2D eigenvalue weighted by Gasteiger charge is -2.25. The van der Waals surface area contributed by atoms with Crippen molar-refractivity contribution in [2.75, 3.05) is 11.4 Å². The van der Waals surface area contributed by atoms with Crippen LogP contribution in [0.5, 0.6) is 0 Å². The van der Waals surface area contributed by atoms with Gasteiger partial charge in [-0.2, -0.15) is 0 Å². The summed E-state index contributed by atoms with van der Waals surface area (Å²) in [4.78, 5) is 2.58. The first-order chi connectivity index (χ1) is 8.35. The zero-order valence-electron chi connectivity index (χ0n) is 10.9. The van der Waals surface area contributed by atoms with E-state index in [1.54, 1.807) is 0 Å². The minimum Gasteiger partial charge on any atom is -0.369 e. The molecule has 0 spiro atoms. The van der Waals surface area contributed by atoms with Crippen molar-refractivity contribution in [2.24, 2.45) is 5.73 Å². The van der Waals surface area contributed by atoms with Gasteiger partial charge in [0, 0.05) is 24.8 Å². The van der Waals surface area contributed by atoms with Crippen LogP contribution in [0.2, 0.25) is 0 Å². The van der Waals surface area contributed by atoms with Gasteiger partial charge in [0.2, 0.25) is 0 Å². The second-order valence-electron chi connectivity index (χ2n) is 5.00. The van der Waals surface area contributed by atoms with Gasteiger partial charge in [-0.25, -0.2) is 0 Å². The minimum absolute atomic E-state index is 0.638. The van der Waals surface area contributed by atoms with Crippen molar-refractivity contribution < 1.29 is 0 Å². The summed E-state index contributed by atoms with van der Waals surface area (Å²) in [5.74, 6) is 0. The number of nitrogens with two attached hydrogens (primary N) is 1. The largest absolute Gasteiger partial charge is 0.369 e. The lowest BCUT2D eigenvalue weighted by atomic mass is 10.1. The quantitative estimate of drug-likeness (QED) is 0.731. The predicted molar refractivity (Wildman–Crippen MR) is 74.2 cm³/mol. The van der Waals surface area contributed by atoms with Crippen molar-refractivity contribution in [3.63, 3.8) is 0 Å². The van der Waals surface area contributed by atoms with E-state index in [0.717, 1.165) is 6.04 Å². The molecule has 0 aromatic heterocycles.